The fourth-order valence-corrected chi connectivity index (χ4v) is 1.93. The molecule has 0 spiro atoms. The molecule has 2 rings (SSSR count). The molecule has 0 N–H and O–H groups in total. The van der Waals surface area contributed by atoms with Gasteiger partial charge in [0.05, 0.1) is 18.7 Å². The van der Waals surface area contributed by atoms with Gasteiger partial charge < -0.3 is 9.47 Å². The Balaban J connectivity index is 2.26. The molecule has 16 heavy (non-hydrogen) atoms. The lowest BCUT2D eigenvalue weighted by Crippen LogP contribution is -1.96. The van der Waals surface area contributed by atoms with Crippen LogP contribution in [0.1, 0.15) is 0 Å². The number of nitrogens with zero attached hydrogens (tertiary/aromatic N) is 1. The van der Waals surface area contributed by atoms with Crippen LogP contribution in [0.15, 0.2) is 39.8 Å². The van der Waals surface area contributed by atoms with Gasteiger partial charge in [-0.05, 0) is 12.1 Å². The lowest BCUT2D eigenvalue weighted by atomic mass is 10.3. The summed E-state index contributed by atoms with van der Waals surface area (Å²) in [5, 5.41) is 0.958. The van der Waals surface area contributed by atoms with E-state index in [2.05, 4.69) is 4.40 Å². The van der Waals surface area contributed by atoms with E-state index in [4.69, 9.17) is 9.47 Å². The van der Waals surface area contributed by atoms with E-state index in [1.54, 1.807) is 24.3 Å². The highest BCUT2D eigenvalue weighted by atomic mass is 32.2. The highest BCUT2D eigenvalue weighted by molar-refractivity contribution is 7.93. The minimum Gasteiger partial charge on any atom is -0.493 e. The van der Waals surface area contributed by atoms with E-state index in [9.17, 15) is 8.42 Å². The molecule has 0 bridgehead atoms. The largest absolute Gasteiger partial charge is 0.493 e. The van der Waals surface area contributed by atoms with Crippen LogP contribution in [0.3, 0.4) is 0 Å². The van der Waals surface area contributed by atoms with Crippen LogP contribution in [-0.2, 0) is 10.0 Å². The summed E-state index contributed by atoms with van der Waals surface area (Å²) in [5.41, 5.74) is 0. The van der Waals surface area contributed by atoms with Crippen molar-refractivity contribution in [3.05, 3.63) is 35.4 Å². The molecule has 84 valence electrons. The molecule has 0 aromatic heterocycles. The van der Waals surface area contributed by atoms with E-state index in [1.807, 2.05) is 0 Å². The highest BCUT2D eigenvalue weighted by Gasteiger charge is 2.15. The number of hydrogen-bond acceptors (Lipinski definition) is 4. The molecule has 1 aromatic rings. The van der Waals surface area contributed by atoms with Gasteiger partial charge in [0.2, 0.25) is 0 Å². The van der Waals surface area contributed by atoms with E-state index < -0.39 is 10.0 Å². The molecule has 0 atom stereocenters. The Kier molecular flexibility index (Phi) is 2.66. The lowest BCUT2D eigenvalue weighted by molar-refractivity contribution is 0.372. The normalized spacial score (nSPS) is 16.9. The zero-order valence-electron chi connectivity index (χ0n) is 8.45. The van der Waals surface area contributed by atoms with Crippen LogP contribution in [0.5, 0.6) is 11.5 Å². The van der Waals surface area contributed by atoms with E-state index in [0.29, 0.717) is 11.5 Å². The van der Waals surface area contributed by atoms with Crippen molar-refractivity contribution in [2.45, 2.75) is 0 Å². The number of ether oxygens (including phenoxy) is 2. The van der Waals surface area contributed by atoms with Crippen LogP contribution in [0.4, 0.5) is 0 Å². The summed E-state index contributed by atoms with van der Waals surface area (Å²) in [6, 6.07) is 6.95. The summed E-state index contributed by atoms with van der Waals surface area (Å²) in [7, 11) is -1.98. The number of rotatable bonds is 3. The molecule has 1 aliphatic heterocycles. The Morgan fingerprint density at radius 3 is 2.44 bits per heavy atom. The summed E-state index contributed by atoms with van der Waals surface area (Å²) < 4.78 is 35.7. The molecule has 0 saturated carbocycles. The first-order chi connectivity index (χ1) is 7.61. The third kappa shape index (κ3) is 2.22. The third-order valence-corrected chi connectivity index (χ3v) is 2.82. The summed E-state index contributed by atoms with van der Waals surface area (Å²) in [6.45, 7) is 0. The second-order valence-electron chi connectivity index (χ2n) is 3.02. The SMILES string of the molecule is COc1ccccc1OC1=CS(=O)(=O)N=C1. The van der Waals surface area contributed by atoms with Crippen molar-refractivity contribution >= 4 is 16.2 Å². The predicted molar refractivity (Wildman–Crippen MR) is 59.1 cm³/mol. The van der Waals surface area contributed by atoms with Gasteiger partial charge in [-0.3, -0.25) is 0 Å². The van der Waals surface area contributed by atoms with Crippen molar-refractivity contribution in [2.24, 2.45) is 4.40 Å². The molecular formula is C10H9NO4S. The molecule has 6 heteroatoms. The van der Waals surface area contributed by atoms with Crippen LogP contribution < -0.4 is 9.47 Å². The first kappa shape index (κ1) is 10.7. The number of methoxy groups -OCH3 is 1. The Bertz CT molecular complexity index is 560. The second kappa shape index (κ2) is 3.97. The summed E-state index contributed by atoms with van der Waals surface area (Å²) in [6.07, 6.45) is 1.15. The van der Waals surface area contributed by atoms with Crippen LogP contribution in [0, 0.1) is 0 Å². The first-order valence-corrected chi connectivity index (χ1v) is 5.94. The standard InChI is InChI=1S/C10H9NO4S/c1-14-9-4-2-3-5-10(9)15-8-6-11-16(12,13)7-8/h2-7H,1H3. The Labute approximate surface area is 93.1 Å². The van der Waals surface area contributed by atoms with Gasteiger partial charge in [0.1, 0.15) is 0 Å². The monoisotopic (exact) mass is 239 g/mol. The predicted octanol–water partition coefficient (Wildman–Crippen LogP) is 1.33. The molecule has 5 nitrogen and oxygen atoms in total. The van der Waals surface area contributed by atoms with Gasteiger partial charge in [-0.25, -0.2) is 0 Å². The number of benzene rings is 1. The molecule has 0 saturated heterocycles. The molecule has 0 fully saturated rings. The van der Waals surface area contributed by atoms with Gasteiger partial charge in [0.25, 0.3) is 10.0 Å². The summed E-state index contributed by atoms with van der Waals surface area (Å²) >= 11 is 0. The van der Waals surface area contributed by atoms with Gasteiger partial charge in [-0.1, -0.05) is 12.1 Å². The lowest BCUT2D eigenvalue weighted by Gasteiger charge is -2.08. The van der Waals surface area contributed by atoms with Crippen LogP contribution in [-0.4, -0.2) is 21.7 Å². The highest BCUT2D eigenvalue weighted by Crippen LogP contribution is 2.28. The van der Waals surface area contributed by atoms with Gasteiger partial charge in [-0.2, -0.15) is 12.8 Å². The maximum Gasteiger partial charge on any atom is 0.279 e. The molecule has 1 aromatic carbocycles. The maximum absolute atomic E-state index is 11.0. The fraction of sp³-hybridized carbons (Fsp3) is 0.100. The van der Waals surface area contributed by atoms with Crippen molar-refractivity contribution in [3.8, 4) is 11.5 Å². The number of para-hydroxylation sites is 2. The van der Waals surface area contributed by atoms with Crippen LogP contribution >= 0.6 is 0 Å². The Morgan fingerprint density at radius 2 is 1.88 bits per heavy atom. The van der Waals surface area contributed by atoms with Crippen LogP contribution in [0.25, 0.3) is 0 Å². The van der Waals surface area contributed by atoms with Crippen molar-refractivity contribution < 1.29 is 17.9 Å². The Morgan fingerprint density at radius 1 is 1.19 bits per heavy atom. The van der Waals surface area contributed by atoms with E-state index in [1.165, 1.54) is 7.11 Å². The molecule has 0 unspecified atom stereocenters. The molecule has 0 aliphatic carbocycles. The van der Waals surface area contributed by atoms with E-state index in [0.717, 1.165) is 11.6 Å². The minimum atomic E-state index is -3.49. The van der Waals surface area contributed by atoms with Crippen molar-refractivity contribution in [1.29, 1.82) is 0 Å². The zero-order chi connectivity index (χ0) is 11.6. The molecule has 0 amide bonds. The summed E-state index contributed by atoms with van der Waals surface area (Å²) in [5.74, 6) is 1.14. The molecule has 1 aliphatic rings. The van der Waals surface area contributed by atoms with Crippen molar-refractivity contribution in [1.82, 2.24) is 0 Å². The van der Waals surface area contributed by atoms with Gasteiger partial charge in [0.15, 0.2) is 17.3 Å². The van der Waals surface area contributed by atoms with Crippen molar-refractivity contribution in [2.75, 3.05) is 7.11 Å². The fourth-order valence-electron chi connectivity index (χ4n) is 1.21. The minimum absolute atomic E-state index is 0.171. The van der Waals surface area contributed by atoms with Crippen LogP contribution in [0.2, 0.25) is 0 Å². The zero-order valence-corrected chi connectivity index (χ0v) is 9.27. The smallest absolute Gasteiger partial charge is 0.279 e. The second-order valence-corrected chi connectivity index (χ2v) is 4.50. The summed E-state index contributed by atoms with van der Waals surface area (Å²) in [4.78, 5) is 0. The quantitative estimate of drug-likeness (QED) is 0.798. The molecule has 1 heterocycles. The van der Waals surface area contributed by atoms with E-state index in [-0.39, 0.29) is 5.76 Å². The van der Waals surface area contributed by atoms with Gasteiger partial charge in [0, 0.05) is 0 Å². The average Bonchev–Trinajstić information content (AvgIpc) is 2.59. The number of allylic oxidation sites excluding steroid dienone is 1. The average molecular weight is 239 g/mol. The van der Waals surface area contributed by atoms with Crippen molar-refractivity contribution in [3.63, 3.8) is 0 Å². The third-order valence-electron chi connectivity index (χ3n) is 1.89. The number of sulfonamides is 1. The molecule has 0 radical (unpaired) electrons. The van der Waals surface area contributed by atoms with E-state index >= 15 is 0 Å². The van der Waals surface area contributed by atoms with Gasteiger partial charge in [-0.15, -0.1) is 0 Å². The van der Waals surface area contributed by atoms with Gasteiger partial charge >= 0.3 is 0 Å². The first-order valence-electron chi connectivity index (χ1n) is 4.44. The number of hydrogen-bond donors (Lipinski definition) is 0. The topological polar surface area (TPSA) is 65.0 Å². The maximum atomic E-state index is 11.0. The molecular weight excluding hydrogens is 230 g/mol. The Hall–Kier alpha value is -1.82.